The number of nitrogens with one attached hydrogen (secondary N) is 2. The minimum absolute atomic E-state index is 0.369. The molecule has 2 rings (SSSR count). The van der Waals surface area contributed by atoms with E-state index in [1.807, 2.05) is 44.3 Å². The van der Waals surface area contributed by atoms with Gasteiger partial charge in [-0.05, 0) is 31.2 Å². The fourth-order valence-corrected chi connectivity index (χ4v) is 1.83. The summed E-state index contributed by atoms with van der Waals surface area (Å²) in [5.74, 6) is 2.93. The molecule has 0 unspecified atom stereocenters. The quantitative estimate of drug-likeness (QED) is 0.816. The van der Waals surface area contributed by atoms with Gasteiger partial charge >= 0.3 is 0 Å². The van der Waals surface area contributed by atoms with Crippen LogP contribution in [0, 0.1) is 0 Å². The van der Waals surface area contributed by atoms with Crippen molar-refractivity contribution in [1.82, 2.24) is 9.97 Å². The van der Waals surface area contributed by atoms with Crippen LogP contribution in [-0.4, -0.2) is 30.7 Å². The normalized spacial score (nSPS) is 10.2. The van der Waals surface area contributed by atoms with Crippen molar-refractivity contribution in [2.75, 3.05) is 31.4 Å². The summed E-state index contributed by atoms with van der Waals surface area (Å²) in [6, 6.07) is 9.57. The van der Waals surface area contributed by atoms with Crippen molar-refractivity contribution in [1.29, 1.82) is 0 Å². The van der Waals surface area contributed by atoms with Gasteiger partial charge in [-0.3, -0.25) is 0 Å². The van der Waals surface area contributed by atoms with E-state index in [0.717, 1.165) is 17.3 Å². The second kappa shape index (κ2) is 7.44. The molecule has 0 saturated heterocycles. The predicted octanol–water partition coefficient (Wildman–Crippen LogP) is 2.81. The molecule has 1 heterocycles. The lowest BCUT2D eigenvalue weighted by molar-refractivity contribution is 0.178. The van der Waals surface area contributed by atoms with E-state index in [4.69, 9.17) is 9.47 Å². The second-order valence-corrected chi connectivity index (χ2v) is 4.32. The number of ether oxygens (including phenoxy) is 2. The average Bonchev–Trinajstić information content (AvgIpc) is 2.49. The van der Waals surface area contributed by atoms with Gasteiger partial charge in [0, 0.05) is 25.9 Å². The first-order chi connectivity index (χ1) is 10.2. The molecular formula is C15H20N4O2. The topological polar surface area (TPSA) is 68.3 Å². The SMILES string of the molecule is CCOc1ccc(Nc2cc(NC)nc(COC)n2)cc1. The maximum absolute atomic E-state index is 5.42. The fourth-order valence-electron chi connectivity index (χ4n) is 1.83. The van der Waals surface area contributed by atoms with Crippen LogP contribution in [0.5, 0.6) is 5.75 Å². The van der Waals surface area contributed by atoms with Crippen molar-refractivity contribution in [3.63, 3.8) is 0 Å². The van der Waals surface area contributed by atoms with Crippen LogP contribution in [0.2, 0.25) is 0 Å². The minimum Gasteiger partial charge on any atom is -0.494 e. The van der Waals surface area contributed by atoms with Gasteiger partial charge in [-0.25, -0.2) is 9.97 Å². The summed E-state index contributed by atoms with van der Waals surface area (Å²) in [5.41, 5.74) is 0.933. The van der Waals surface area contributed by atoms with Crippen LogP contribution in [0.15, 0.2) is 30.3 Å². The highest BCUT2D eigenvalue weighted by molar-refractivity contribution is 5.59. The standard InChI is InChI=1S/C15H20N4O2/c1-4-21-12-7-5-11(6-8-12)17-14-9-13(16-2)18-15(19-14)10-20-3/h5-9H,4,10H2,1-3H3,(H2,16,17,18,19). The summed E-state index contributed by atoms with van der Waals surface area (Å²) in [6.45, 7) is 2.99. The fraction of sp³-hybridized carbons (Fsp3) is 0.333. The number of hydrogen-bond acceptors (Lipinski definition) is 6. The van der Waals surface area contributed by atoms with Crippen molar-refractivity contribution >= 4 is 17.3 Å². The highest BCUT2D eigenvalue weighted by Gasteiger charge is 2.04. The molecule has 0 saturated carbocycles. The van der Waals surface area contributed by atoms with E-state index in [9.17, 15) is 0 Å². The average molecular weight is 288 g/mol. The molecule has 0 spiro atoms. The zero-order valence-corrected chi connectivity index (χ0v) is 12.5. The molecule has 1 aromatic carbocycles. The van der Waals surface area contributed by atoms with Gasteiger partial charge in [-0.1, -0.05) is 0 Å². The Kier molecular flexibility index (Phi) is 5.34. The minimum atomic E-state index is 0.369. The predicted molar refractivity (Wildman–Crippen MR) is 83.2 cm³/mol. The van der Waals surface area contributed by atoms with Gasteiger partial charge in [-0.15, -0.1) is 0 Å². The molecule has 1 aromatic heterocycles. The van der Waals surface area contributed by atoms with E-state index >= 15 is 0 Å². The maximum atomic E-state index is 5.42. The van der Waals surface area contributed by atoms with Gasteiger partial charge in [0.05, 0.1) is 6.61 Å². The number of rotatable bonds is 7. The molecule has 0 amide bonds. The van der Waals surface area contributed by atoms with Gasteiger partial charge < -0.3 is 20.1 Å². The Balaban J connectivity index is 2.15. The molecule has 0 bridgehead atoms. The van der Waals surface area contributed by atoms with E-state index in [2.05, 4.69) is 20.6 Å². The number of benzene rings is 1. The Morgan fingerprint density at radius 3 is 2.43 bits per heavy atom. The number of aromatic nitrogens is 2. The second-order valence-electron chi connectivity index (χ2n) is 4.32. The monoisotopic (exact) mass is 288 g/mol. The first-order valence-electron chi connectivity index (χ1n) is 6.79. The lowest BCUT2D eigenvalue weighted by Crippen LogP contribution is -2.04. The van der Waals surface area contributed by atoms with E-state index < -0.39 is 0 Å². The third-order valence-corrected chi connectivity index (χ3v) is 2.74. The summed E-state index contributed by atoms with van der Waals surface area (Å²) in [5, 5.41) is 6.26. The smallest absolute Gasteiger partial charge is 0.158 e. The number of nitrogens with zero attached hydrogens (tertiary/aromatic N) is 2. The van der Waals surface area contributed by atoms with Crippen LogP contribution in [0.1, 0.15) is 12.7 Å². The number of hydrogen-bond donors (Lipinski definition) is 2. The number of anilines is 3. The van der Waals surface area contributed by atoms with Gasteiger partial charge in [0.15, 0.2) is 5.82 Å². The van der Waals surface area contributed by atoms with Crippen LogP contribution < -0.4 is 15.4 Å². The van der Waals surface area contributed by atoms with Crippen molar-refractivity contribution in [2.24, 2.45) is 0 Å². The highest BCUT2D eigenvalue weighted by atomic mass is 16.5. The molecule has 0 aliphatic rings. The van der Waals surface area contributed by atoms with Gasteiger partial charge in [0.25, 0.3) is 0 Å². The zero-order valence-electron chi connectivity index (χ0n) is 12.5. The summed E-state index contributed by atoms with van der Waals surface area (Å²) < 4.78 is 10.5. The van der Waals surface area contributed by atoms with Crippen LogP contribution in [0.25, 0.3) is 0 Å². The molecule has 0 aliphatic carbocycles. The van der Waals surface area contributed by atoms with E-state index in [0.29, 0.717) is 24.9 Å². The number of methoxy groups -OCH3 is 1. The van der Waals surface area contributed by atoms with Gasteiger partial charge in [0.2, 0.25) is 0 Å². The Hall–Kier alpha value is -2.34. The van der Waals surface area contributed by atoms with E-state index in [1.54, 1.807) is 7.11 Å². The Labute approximate surface area is 124 Å². The molecule has 2 N–H and O–H groups in total. The third kappa shape index (κ3) is 4.32. The summed E-state index contributed by atoms with van der Waals surface area (Å²) >= 11 is 0. The molecular weight excluding hydrogens is 268 g/mol. The molecule has 21 heavy (non-hydrogen) atoms. The zero-order chi connectivity index (χ0) is 15.1. The van der Waals surface area contributed by atoms with Gasteiger partial charge in [-0.2, -0.15) is 0 Å². The van der Waals surface area contributed by atoms with Crippen LogP contribution in [-0.2, 0) is 11.3 Å². The van der Waals surface area contributed by atoms with E-state index in [1.165, 1.54) is 0 Å². The van der Waals surface area contributed by atoms with Crippen molar-refractivity contribution < 1.29 is 9.47 Å². The lowest BCUT2D eigenvalue weighted by Gasteiger charge is -2.10. The van der Waals surface area contributed by atoms with Crippen LogP contribution in [0.3, 0.4) is 0 Å². The molecule has 6 heteroatoms. The van der Waals surface area contributed by atoms with Crippen LogP contribution in [0.4, 0.5) is 17.3 Å². The maximum Gasteiger partial charge on any atom is 0.158 e. The summed E-state index contributed by atoms with van der Waals surface area (Å²) in [6.07, 6.45) is 0. The summed E-state index contributed by atoms with van der Waals surface area (Å²) in [4.78, 5) is 8.72. The van der Waals surface area contributed by atoms with Crippen LogP contribution >= 0.6 is 0 Å². The molecule has 2 aromatic rings. The third-order valence-electron chi connectivity index (χ3n) is 2.74. The van der Waals surface area contributed by atoms with Crippen molar-refractivity contribution in [3.05, 3.63) is 36.2 Å². The molecule has 6 nitrogen and oxygen atoms in total. The molecule has 0 radical (unpaired) electrons. The lowest BCUT2D eigenvalue weighted by atomic mass is 10.3. The Morgan fingerprint density at radius 1 is 1.10 bits per heavy atom. The first kappa shape index (κ1) is 15.1. The molecule has 112 valence electrons. The van der Waals surface area contributed by atoms with E-state index in [-0.39, 0.29) is 0 Å². The molecule has 0 fully saturated rings. The van der Waals surface area contributed by atoms with Crippen molar-refractivity contribution in [3.8, 4) is 5.75 Å². The largest absolute Gasteiger partial charge is 0.494 e. The highest BCUT2D eigenvalue weighted by Crippen LogP contribution is 2.20. The Morgan fingerprint density at radius 2 is 1.81 bits per heavy atom. The van der Waals surface area contributed by atoms with Gasteiger partial charge in [0.1, 0.15) is 24.0 Å². The molecule has 0 aliphatic heterocycles. The summed E-state index contributed by atoms with van der Waals surface area (Å²) in [7, 11) is 3.44. The van der Waals surface area contributed by atoms with Crippen molar-refractivity contribution in [2.45, 2.75) is 13.5 Å². The first-order valence-corrected chi connectivity index (χ1v) is 6.79. The molecule has 0 atom stereocenters. The Bertz CT molecular complexity index is 572.